The number of ether oxygens (including phenoxy) is 3. The molecule has 0 saturated heterocycles. The lowest BCUT2D eigenvalue weighted by Crippen LogP contribution is -2.48. The van der Waals surface area contributed by atoms with Gasteiger partial charge in [0.2, 0.25) is 10.0 Å². The second-order valence-electron chi connectivity index (χ2n) is 12.3. The summed E-state index contributed by atoms with van der Waals surface area (Å²) in [5, 5.41) is 16.9. The molecule has 3 N–H and O–H groups in total. The monoisotopic (exact) mass is 739 g/mol. The first kappa shape index (κ1) is 39.9. The summed E-state index contributed by atoms with van der Waals surface area (Å²) in [5.41, 5.74) is 1.69. The first-order chi connectivity index (χ1) is 24.7. The SMILES string of the molecule is COC(COCc1ccccc1)CC(O)[C@H](COc1cc(F)cc(F)c1)NC(=O)c1cc(C(=O)N[C@H](C)c2ccccc2)cc(N(C)S(C)(=O)=O)c1. The van der Waals surface area contributed by atoms with Gasteiger partial charge in [0.15, 0.2) is 0 Å². The van der Waals surface area contributed by atoms with E-state index in [0.29, 0.717) is 12.7 Å². The van der Waals surface area contributed by atoms with Crippen molar-refractivity contribution in [3.8, 4) is 5.75 Å². The van der Waals surface area contributed by atoms with E-state index in [1.54, 1.807) is 6.92 Å². The fraction of sp³-hybridized carbons (Fsp3) is 0.316. The molecule has 0 aliphatic carbocycles. The molecule has 52 heavy (non-hydrogen) atoms. The van der Waals surface area contributed by atoms with E-state index in [1.165, 1.54) is 32.4 Å². The molecular formula is C38H43F2N3O8S. The number of carbonyl (C=O) groups excluding carboxylic acids is 2. The van der Waals surface area contributed by atoms with E-state index >= 15 is 0 Å². The standard InChI is InChI=1S/C38H43F2N3O8S/c1-25(27-13-9-6-10-14-27)41-37(45)28-15-29(17-32(16-28)43(2)52(4,47)48)38(46)42-35(24-51-33-19-30(39)18-31(40)20-33)36(44)21-34(49-3)23-50-22-26-11-7-5-8-12-26/h5-20,25,34-36,44H,21-24H2,1-4H3,(H,41,45)(H,42,46)/t25-,34?,35+,36?/m1/s1. The Balaban J connectivity index is 1.58. The number of aliphatic hydroxyl groups excluding tert-OH is 1. The van der Waals surface area contributed by atoms with Gasteiger partial charge in [-0.05, 0) is 36.2 Å². The van der Waals surface area contributed by atoms with Gasteiger partial charge in [-0.3, -0.25) is 13.9 Å². The van der Waals surface area contributed by atoms with Gasteiger partial charge in [-0.25, -0.2) is 17.2 Å². The molecule has 2 unspecified atom stereocenters. The van der Waals surface area contributed by atoms with E-state index in [1.807, 2.05) is 60.7 Å². The summed E-state index contributed by atoms with van der Waals surface area (Å²) in [4.78, 5) is 27.3. The van der Waals surface area contributed by atoms with Crippen molar-refractivity contribution in [2.45, 2.75) is 44.2 Å². The van der Waals surface area contributed by atoms with Gasteiger partial charge in [0.25, 0.3) is 11.8 Å². The maximum atomic E-state index is 13.9. The highest BCUT2D eigenvalue weighted by atomic mass is 32.2. The molecule has 4 rings (SSSR count). The third kappa shape index (κ3) is 11.8. The minimum atomic E-state index is -3.81. The molecule has 0 radical (unpaired) electrons. The number of nitrogens with zero attached hydrogens (tertiary/aromatic N) is 1. The zero-order valence-electron chi connectivity index (χ0n) is 29.3. The van der Waals surface area contributed by atoms with Gasteiger partial charge in [-0.2, -0.15) is 0 Å². The first-order valence-electron chi connectivity index (χ1n) is 16.4. The van der Waals surface area contributed by atoms with Crippen molar-refractivity contribution in [2.24, 2.45) is 0 Å². The highest BCUT2D eigenvalue weighted by Crippen LogP contribution is 2.23. The quantitative estimate of drug-likeness (QED) is 0.129. The average Bonchev–Trinajstić information content (AvgIpc) is 3.12. The van der Waals surface area contributed by atoms with E-state index in [0.717, 1.165) is 33.8 Å². The molecule has 2 amide bonds. The number of rotatable bonds is 18. The third-order valence-electron chi connectivity index (χ3n) is 8.25. The second-order valence-corrected chi connectivity index (χ2v) is 14.3. The Bertz CT molecular complexity index is 1880. The lowest BCUT2D eigenvalue weighted by Gasteiger charge is -2.27. The van der Waals surface area contributed by atoms with Crippen molar-refractivity contribution in [1.82, 2.24) is 10.6 Å². The number of sulfonamides is 1. The first-order valence-corrected chi connectivity index (χ1v) is 18.3. The van der Waals surface area contributed by atoms with E-state index in [4.69, 9.17) is 14.2 Å². The zero-order chi connectivity index (χ0) is 37.8. The number of aliphatic hydroxyl groups is 1. The van der Waals surface area contributed by atoms with Crippen LogP contribution in [0.25, 0.3) is 0 Å². The molecule has 14 heteroatoms. The maximum Gasteiger partial charge on any atom is 0.251 e. The number of methoxy groups -OCH3 is 1. The Morgan fingerprint density at radius 2 is 1.42 bits per heavy atom. The number of hydrogen-bond donors (Lipinski definition) is 3. The van der Waals surface area contributed by atoms with Gasteiger partial charge in [-0.1, -0.05) is 60.7 Å². The normalized spacial score (nSPS) is 13.8. The summed E-state index contributed by atoms with van der Waals surface area (Å²) in [6.07, 6.45) is -1.02. The molecule has 0 heterocycles. The number of benzene rings is 4. The largest absolute Gasteiger partial charge is 0.491 e. The molecule has 0 aromatic heterocycles. The topological polar surface area (TPSA) is 144 Å². The molecule has 0 aliphatic heterocycles. The molecule has 0 bridgehead atoms. The molecule has 4 aromatic rings. The van der Waals surface area contributed by atoms with Crippen LogP contribution in [-0.2, 0) is 26.1 Å². The lowest BCUT2D eigenvalue weighted by molar-refractivity contribution is -0.0311. The average molecular weight is 740 g/mol. The summed E-state index contributed by atoms with van der Waals surface area (Å²) in [6, 6.07) is 23.5. The fourth-order valence-electron chi connectivity index (χ4n) is 5.20. The minimum Gasteiger partial charge on any atom is -0.491 e. The molecule has 4 aromatic carbocycles. The summed E-state index contributed by atoms with van der Waals surface area (Å²) >= 11 is 0. The van der Waals surface area contributed by atoms with Crippen LogP contribution in [-0.4, -0.2) is 77.2 Å². The van der Waals surface area contributed by atoms with Crippen LogP contribution in [0.4, 0.5) is 14.5 Å². The van der Waals surface area contributed by atoms with Crippen LogP contribution in [0.15, 0.2) is 97.1 Å². The van der Waals surface area contributed by atoms with Gasteiger partial charge in [0, 0.05) is 49.9 Å². The smallest absolute Gasteiger partial charge is 0.251 e. The van der Waals surface area contributed by atoms with Gasteiger partial charge >= 0.3 is 0 Å². The number of nitrogens with one attached hydrogen (secondary N) is 2. The van der Waals surface area contributed by atoms with Gasteiger partial charge in [-0.15, -0.1) is 0 Å². The van der Waals surface area contributed by atoms with Crippen molar-refractivity contribution >= 4 is 27.5 Å². The van der Waals surface area contributed by atoms with Crippen molar-refractivity contribution in [1.29, 1.82) is 0 Å². The number of hydrogen-bond acceptors (Lipinski definition) is 8. The van der Waals surface area contributed by atoms with Gasteiger partial charge < -0.3 is 30.0 Å². The van der Waals surface area contributed by atoms with Crippen LogP contribution in [0, 0.1) is 11.6 Å². The Morgan fingerprint density at radius 3 is 2.00 bits per heavy atom. The van der Waals surface area contributed by atoms with Crippen LogP contribution in [0.1, 0.15) is 51.2 Å². The third-order valence-corrected chi connectivity index (χ3v) is 9.46. The predicted molar refractivity (Wildman–Crippen MR) is 193 cm³/mol. The Hall–Kier alpha value is -4.89. The van der Waals surface area contributed by atoms with Gasteiger partial charge in [0.1, 0.15) is 24.0 Å². The summed E-state index contributed by atoms with van der Waals surface area (Å²) in [7, 11) is -1.08. The lowest BCUT2D eigenvalue weighted by atomic mass is 10.0. The van der Waals surface area contributed by atoms with Crippen molar-refractivity contribution in [3.05, 3.63) is 131 Å². The molecule has 0 fully saturated rings. The van der Waals surface area contributed by atoms with E-state index in [9.17, 15) is 31.9 Å². The molecule has 0 saturated carbocycles. The molecule has 4 atom stereocenters. The number of carbonyl (C=O) groups is 2. The van der Waals surface area contributed by atoms with Crippen molar-refractivity contribution < 1.29 is 46.1 Å². The van der Waals surface area contributed by atoms with E-state index in [2.05, 4.69) is 10.6 Å². The van der Waals surface area contributed by atoms with Crippen LogP contribution in [0.3, 0.4) is 0 Å². The molecule has 278 valence electrons. The van der Waals surface area contributed by atoms with Crippen LogP contribution < -0.4 is 19.7 Å². The van der Waals surface area contributed by atoms with E-state index in [-0.39, 0.29) is 35.6 Å². The van der Waals surface area contributed by atoms with Gasteiger partial charge in [0.05, 0.1) is 49.4 Å². The minimum absolute atomic E-state index is 0.000438. The van der Waals surface area contributed by atoms with Crippen LogP contribution >= 0.6 is 0 Å². The number of anilines is 1. The number of amides is 2. The molecule has 0 aliphatic rings. The van der Waals surface area contributed by atoms with Crippen molar-refractivity contribution in [2.75, 3.05) is 37.9 Å². The van der Waals surface area contributed by atoms with E-state index < -0.39 is 64.4 Å². The number of halogens is 2. The molecule has 0 spiro atoms. The Morgan fingerprint density at radius 1 is 0.846 bits per heavy atom. The Labute approximate surface area is 302 Å². The fourth-order valence-corrected chi connectivity index (χ4v) is 5.69. The van der Waals surface area contributed by atoms with Crippen LogP contribution in [0.2, 0.25) is 0 Å². The Kier molecular flexibility index (Phi) is 14.2. The highest BCUT2D eigenvalue weighted by Gasteiger charge is 2.28. The summed E-state index contributed by atoms with van der Waals surface area (Å²) in [5.74, 6) is -3.31. The molecule has 11 nitrogen and oxygen atoms in total. The zero-order valence-corrected chi connectivity index (χ0v) is 30.1. The predicted octanol–water partition coefficient (Wildman–Crippen LogP) is 5.01. The molecular weight excluding hydrogens is 696 g/mol. The summed E-state index contributed by atoms with van der Waals surface area (Å²) < 4.78 is 70.6. The van der Waals surface area contributed by atoms with Crippen molar-refractivity contribution in [3.63, 3.8) is 0 Å². The summed E-state index contributed by atoms with van der Waals surface area (Å²) in [6.45, 7) is 1.74. The van der Waals surface area contributed by atoms with Crippen LogP contribution in [0.5, 0.6) is 5.75 Å². The maximum absolute atomic E-state index is 13.9. The highest BCUT2D eigenvalue weighted by molar-refractivity contribution is 7.92. The second kappa shape index (κ2) is 18.6.